The van der Waals surface area contributed by atoms with E-state index >= 15 is 0 Å². The molecule has 3 nitrogen and oxygen atoms in total. The van der Waals surface area contributed by atoms with E-state index in [0.717, 1.165) is 4.47 Å². The van der Waals surface area contributed by atoms with Crippen LogP contribution < -0.4 is 0 Å². The van der Waals surface area contributed by atoms with E-state index in [1.807, 2.05) is 37.2 Å². The predicted octanol–water partition coefficient (Wildman–Crippen LogP) is 2.54. The van der Waals surface area contributed by atoms with Crippen molar-refractivity contribution in [1.29, 1.82) is 5.26 Å². The molecule has 0 radical (unpaired) electrons. The molecule has 0 saturated heterocycles. The molecule has 14 heavy (non-hydrogen) atoms. The highest BCUT2D eigenvalue weighted by Crippen LogP contribution is 2.25. The van der Waals surface area contributed by atoms with Crippen molar-refractivity contribution in [3.05, 3.63) is 28.2 Å². The number of halogens is 1. The SMILES string of the molecule is CN(C)C=Nc1cccc(Br)c1C#N. The summed E-state index contributed by atoms with van der Waals surface area (Å²) < 4.78 is 0.772. The molecule has 0 saturated carbocycles. The van der Waals surface area contributed by atoms with Crippen LogP contribution in [0.1, 0.15) is 5.56 Å². The number of nitrogens with zero attached hydrogens (tertiary/aromatic N) is 3. The van der Waals surface area contributed by atoms with Crippen LogP contribution in [0.3, 0.4) is 0 Å². The molecular weight excluding hydrogens is 242 g/mol. The number of hydrogen-bond donors (Lipinski definition) is 0. The zero-order valence-corrected chi connectivity index (χ0v) is 9.62. The van der Waals surface area contributed by atoms with Crippen LogP contribution in [-0.2, 0) is 0 Å². The van der Waals surface area contributed by atoms with Crippen LogP contribution in [0.2, 0.25) is 0 Å². The average molecular weight is 252 g/mol. The first-order chi connectivity index (χ1) is 6.65. The quantitative estimate of drug-likeness (QED) is 0.599. The van der Waals surface area contributed by atoms with Gasteiger partial charge in [-0.3, -0.25) is 0 Å². The molecule has 0 aliphatic carbocycles. The lowest BCUT2D eigenvalue weighted by atomic mass is 10.2. The van der Waals surface area contributed by atoms with E-state index < -0.39 is 0 Å². The normalized spacial score (nSPS) is 10.1. The minimum Gasteiger partial charge on any atom is -0.369 e. The Morgan fingerprint density at radius 3 is 2.79 bits per heavy atom. The Morgan fingerprint density at radius 1 is 1.50 bits per heavy atom. The van der Waals surface area contributed by atoms with E-state index in [9.17, 15) is 0 Å². The molecule has 0 aromatic heterocycles. The van der Waals surface area contributed by atoms with E-state index in [-0.39, 0.29) is 0 Å². The van der Waals surface area contributed by atoms with Crippen LogP contribution in [0.25, 0.3) is 0 Å². The molecule has 72 valence electrons. The number of benzene rings is 1. The maximum Gasteiger partial charge on any atom is 0.103 e. The zero-order valence-electron chi connectivity index (χ0n) is 8.03. The second-order valence-corrected chi connectivity index (χ2v) is 3.81. The van der Waals surface area contributed by atoms with Crippen LogP contribution >= 0.6 is 15.9 Å². The molecule has 0 aliphatic heterocycles. The standard InChI is InChI=1S/C10H10BrN3/c1-14(2)7-13-10-5-3-4-9(11)8(10)6-12/h3-5,7H,1-2H3. The maximum atomic E-state index is 8.90. The fourth-order valence-corrected chi connectivity index (χ4v) is 1.35. The Balaban J connectivity index is 3.10. The van der Waals surface area contributed by atoms with Crippen molar-refractivity contribution in [2.24, 2.45) is 4.99 Å². The molecule has 4 heteroatoms. The molecule has 0 unspecified atom stereocenters. The third-order valence-electron chi connectivity index (χ3n) is 1.53. The summed E-state index contributed by atoms with van der Waals surface area (Å²) in [6.45, 7) is 0. The van der Waals surface area contributed by atoms with Gasteiger partial charge >= 0.3 is 0 Å². The lowest BCUT2D eigenvalue weighted by Gasteiger charge is -2.03. The second-order valence-electron chi connectivity index (χ2n) is 2.95. The number of rotatable bonds is 2. The van der Waals surface area contributed by atoms with E-state index in [0.29, 0.717) is 11.3 Å². The third kappa shape index (κ3) is 2.57. The third-order valence-corrected chi connectivity index (χ3v) is 2.19. The Labute approximate surface area is 91.8 Å². The fourth-order valence-electron chi connectivity index (χ4n) is 0.909. The molecule has 1 aromatic carbocycles. The van der Waals surface area contributed by atoms with Crippen LogP contribution in [-0.4, -0.2) is 25.3 Å². The predicted molar refractivity (Wildman–Crippen MR) is 60.7 cm³/mol. The van der Waals surface area contributed by atoms with Crippen LogP contribution in [0.15, 0.2) is 27.7 Å². The Morgan fingerprint density at radius 2 is 2.21 bits per heavy atom. The summed E-state index contributed by atoms with van der Waals surface area (Å²) in [5.41, 5.74) is 1.24. The van der Waals surface area contributed by atoms with E-state index in [2.05, 4.69) is 27.0 Å². The summed E-state index contributed by atoms with van der Waals surface area (Å²) in [6, 6.07) is 7.60. The van der Waals surface area contributed by atoms with Crippen LogP contribution in [0, 0.1) is 11.3 Å². The van der Waals surface area contributed by atoms with E-state index in [1.165, 1.54) is 0 Å². The first kappa shape index (κ1) is 10.7. The Hall–Kier alpha value is -1.34. The Kier molecular flexibility index (Phi) is 3.66. The van der Waals surface area contributed by atoms with Crippen molar-refractivity contribution in [2.75, 3.05) is 14.1 Å². The van der Waals surface area contributed by atoms with Gasteiger partial charge in [0.15, 0.2) is 0 Å². The molecule has 0 aliphatic rings. The van der Waals surface area contributed by atoms with Gasteiger partial charge in [0.1, 0.15) is 6.07 Å². The second kappa shape index (κ2) is 4.77. The maximum absolute atomic E-state index is 8.90. The molecule has 0 spiro atoms. The number of aliphatic imine (C=N–C) groups is 1. The highest BCUT2D eigenvalue weighted by molar-refractivity contribution is 9.10. The van der Waals surface area contributed by atoms with Crippen LogP contribution in [0.4, 0.5) is 5.69 Å². The van der Waals surface area contributed by atoms with Gasteiger partial charge in [-0.1, -0.05) is 6.07 Å². The van der Waals surface area contributed by atoms with Crippen molar-refractivity contribution >= 4 is 28.0 Å². The van der Waals surface area contributed by atoms with E-state index in [4.69, 9.17) is 5.26 Å². The van der Waals surface area contributed by atoms with Crippen molar-refractivity contribution < 1.29 is 0 Å². The monoisotopic (exact) mass is 251 g/mol. The summed E-state index contributed by atoms with van der Waals surface area (Å²) in [6.07, 6.45) is 1.67. The number of nitriles is 1. The molecule has 0 amide bonds. The smallest absolute Gasteiger partial charge is 0.103 e. The van der Waals surface area contributed by atoms with Gasteiger partial charge < -0.3 is 4.90 Å². The van der Waals surface area contributed by atoms with Crippen molar-refractivity contribution in [1.82, 2.24) is 4.90 Å². The largest absolute Gasteiger partial charge is 0.369 e. The first-order valence-electron chi connectivity index (χ1n) is 4.04. The summed E-state index contributed by atoms with van der Waals surface area (Å²) in [5.74, 6) is 0. The van der Waals surface area contributed by atoms with Gasteiger partial charge in [-0.2, -0.15) is 5.26 Å². The Bertz CT molecular complexity index is 391. The summed E-state index contributed by atoms with van der Waals surface area (Å²) in [5, 5.41) is 8.90. The molecule has 0 bridgehead atoms. The van der Waals surface area contributed by atoms with Gasteiger partial charge in [0.05, 0.1) is 17.6 Å². The fraction of sp³-hybridized carbons (Fsp3) is 0.200. The number of hydrogen-bond acceptors (Lipinski definition) is 2. The lowest BCUT2D eigenvalue weighted by Crippen LogP contribution is -2.07. The molecule has 1 aromatic rings. The van der Waals surface area contributed by atoms with Gasteiger partial charge in [0.25, 0.3) is 0 Å². The summed E-state index contributed by atoms with van der Waals surface area (Å²) in [7, 11) is 3.76. The highest BCUT2D eigenvalue weighted by Gasteiger charge is 2.03. The molecule has 0 atom stereocenters. The van der Waals surface area contributed by atoms with Gasteiger partial charge in [-0.05, 0) is 28.1 Å². The molecule has 0 fully saturated rings. The average Bonchev–Trinajstić information content (AvgIpc) is 2.14. The van der Waals surface area contributed by atoms with Crippen molar-refractivity contribution in [3.63, 3.8) is 0 Å². The van der Waals surface area contributed by atoms with Gasteiger partial charge in [-0.25, -0.2) is 4.99 Å². The summed E-state index contributed by atoms with van der Waals surface area (Å²) in [4.78, 5) is 6.01. The van der Waals surface area contributed by atoms with Crippen molar-refractivity contribution in [2.45, 2.75) is 0 Å². The first-order valence-corrected chi connectivity index (χ1v) is 4.83. The van der Waals surface area contributed by atoms with E-state index in [1.54, 1.807) is 6.34 Å². The highest BCUT2D eigenvalue weighted by atomic mass is 79.9. The minimum atomic E-state index is 0.561. The molecular formula is C10H10BrN3. The zero-order chi connectivity index (χ0) is 10.6. The van der Waals surface area contributed by atoms with Gasteiger partial charge in [0, 0.05) is 18.6 Å². The molecule has 0 N–H and O–H groups in total. The molecule has 1 rings (SSSR count). The van der Waals surface area contributed by atoms with Crippen molar-refractivity contribution in [3.8, 4) is 6.07 Å². The topological polar surface area (TPSA) is 39.4 Å². The van der Waals surface area contributed by atoms with Crippen LogP contribution in [0.5, 0.6) is 0 Å². The lowest BCUT2D eigenvalue weighted by molar-refractivity contribution is 0.643. The minimum absolute atomic E-state index is 0.561. The molecule has 0 heterocycles. The summed E-state index contributed by atoms with van der Waals surface area (Å²) >= 11 is 3.30. The van der Waals surface area contributed by atoms with Gasteiger partial charge in [0.2, 0.25) is 0 Å². The van der Waals surface area contributed by atoms with Gasteiger partial charge in [-0.15, -0.1) is 0 Å².